The highest BCUT2D eigenvalue weighted by Gasteiger charge is 2.34. The molecule has 2 N–H and O–H groups in total. The van der Waals surface area contributed by atoms with E-state index >= 15 is 0 Å². The maximum absolute atomic E-state index is 14.1. The summed E-state index contributed by atoms with van der Waals surface area (Å²) in [4.78, 5) is 30.1. The molecule has 10 heteroatoms. The number of hydrogen-bond acceptors (Lipinski definition) is 6. The van der Waals surface area contributed by atoms with Crippen molar-refractivity contribution in [2.45, 2.75) is 25.4 Å². The van der Waals surface area contributed by atoms with Crippen LogP contribution in [0.25, 0.3) is 0 Å². The first-order chi connectivity index (χ1) is 15.9. The third-order valence-corrected chi connectivity index (χ3v) is 5.58. The third kappa shape index (κ3) is 4.74. The molecule has 3 heterocycles. The fourth-order valence-corrected chi connectivity index (χ4v) is 4.03. The van der Waals surface area contributed by atoms with Crippen LogP contribution in [0.1, 0.15) is 23.7 Å². The highest BCUT2D eigenvalue weighted by atomic mass is 19.1. The average molecular weight is 457 g/mol. The molecule has 0 bridgehead atoms. The molecule has 1 aromatic rings. The van der Waals surface area contributed by atoms with Gasteiger partial charge >= 0.3 is 0 Å². The molecule has 0 saturated carbocycles. The van der Waals surface area contributed by atoms with Gasteiger partial charge in [0.25, 0.3) is 0 Å². The van der Waals surface area contributed by atoms with E-state index in [4.69, 9.17) is 0 Å². The molecule has 3 atom stereocenters. The molecule has 7 nitrogen and oxygen atoms in total. The minimum atomic E-state index is -1.27. The van der Waals surface area contributed by atoms with Crippen molar-refractivity contribution in [3.63, 3.8) is 0 Å². The van der Waals surface area contributed by atoms with Gasteiger partial charge in [0.1, 0.15) is 29.3 Å². The lowest BCUT2D eigenvalue weighted by Crippen LogP contribution is -2.50. The van der Waals surface area contributed by atoms with Crippen LogP contribution >= 0.6 is 0 Å². The molecule has 3 unspecified atom stereocenters. The summed E-state index contributed by atoms with van der Waals surface area (Å²) < 4.78 is 41.3. The van der Waals surface area contributed by atoms with E-state index in [2.05, 4.69) is 20.7 Å². The van der Waals surface area contributed by atoms with E-state index in [1.807, 2.05) is 6.08 Å². The Morgan fingerprint density at radius 3 is 2.73 bits per heavy atom. The molecule has 33 heavy (non-hydrogen) atoms. The lowest BCUT2D eigenvalue weighted by molar-refractivity contribution is -0.123. The van der Waals surface area contributed by atoms with Crippen molar-refractivity contribution in [1.82, 2.24) is 15.6 Å². The van der Waals surface area contributed by atoms with Crippen molar-refractivity contribution < 1.29 is 22.8 Å². The average Bonchev–Trinajstić information content (AvgIpc) is 3.20. The first kappa shape index (κ1) is 22.5. The molecule has 0 fully saturated rings. The summed E-state index contributed by atoms with van der Waals surface area (Å²) in [6.45, 7) is 2.64. The van der Waals surface area contributed by atoms with Gasteiger partial charge in [-0.2, -0.15) is 5.10 Å². The number of halogens is 3. The quantitative estimate of drug-likeness (QED) is 0.508. The highest BCUT2D eigenvalue weighted by molar-refractivity contribution is 6.09. The number of nitrogens with zero attached hydrogens (tertiary/aromatic N) is 3. The molecule has 172 valence electrons. The van der Waals surface area contributed by atoms with E-state index < -0.39 is 40.8 Å². The lowest BCUT2D eigenvalue weighted by Gasteiger charge is -2.30. The van der Waals surface area contributed by atoms with Crippen LogP contribution in [0.3, 0.4) is 0 Å². The number of amidine groups is 1. The molecule has 3 aliphatic rings. The van der Waals surface area contributed by atoms with Crippen LogP contribution in [0, 0.1) is 23.4 Å². The molecular weight excluding hydrogens is 435 g/mol. The number of benzene rings is 1. The summed E-state index contributed by atoms with van der Waals surface area (Å²) in [6, 6.07) is 0.0971. The Morgan fingerprint density at radius 1 is 1.27 bits per heavy atom. The van der Waals surface area contributed by atoms with E-state index in [0.717, 1.165) is 5.84 Å². The van der Waals surface area contributed by atoms with Crippen LogP contribution < -0.4 is 10.6 Å². The number of allylic oxidation sites excluding steroid dienone is 3. The second-order valence-electron chi connectivity index (χ2n) is 7.87. The minimum absolute atomic E-state index is 0.0868. The Bertz CT molecular complexity index is 1100. The number of ketones is 1. The zero-order valence-electron chi connectivity index (χ0n) is 17.8. The second kappa shape index (κ2) is 9.43. The van der Waals surface area contributed by atoms with Gasteiger partial charge in [0.15, 0.2) is 5.78 Å². The third-order valence-electron chi connectivity index (χ3n) is 5.58. The zero-order chi connectivity index (χ0) is 23.5. The molecule has 1 aromatic carbocycles. The predicted molar refractivity (Wildman–Crippen MR) is 117 cm³/mol. The lowest BCUT2D eigenvalue weighted by atomic mass is 9.85. The molecule has 3 aliphatic heterocycles. The largest absolute Gasteiger partial charge is 0.379 e. The number of fused-ring (bicyclic) bond motifs is 1. The van der Waals surface area contributed by atoms with Crippen LogP contribution in [-0.4, -0.2) is 53.9 Å². The Hall–Kier alpha value is -3.69. The van der Waals surface area contributed by atoms with Gasteiger partial charge < -0.3 is 10.6 Å². The first-order valence-corrected chi connectivity index (χ1v) is 10.5. The summed E-state index contributed by atoms with van der Waals surface area (Å²) in [6.07, 6.45) is 10.2. The van der Waals surface area contributed by atoms with E-state index in [1.54, 1.807) is 36.4 Å². The van der Waals surface area contributed by atoms with Gasteiger partial charge in [0.05, 0.1) is 18.2 Å². The van der Waals surface area contributed by atoms with Crippen LogP contribution in [0.15, 0.2) is 58.3 Å². The van der Waals surface area contributed by atoms with Gasteiger partial charge in [-0.25, -0.2) is 18.2 Å². The van der Waals surface area contributed by atoms with E-state index in [0.29, 0.717) is 25.2 Å². The second-order valence-corrected chi connectivity index (χ2v) is 7.87. The number of hydrazone groups is 1. The van der Waals surface area contributed by atoms with E-state index in [9.17, 15) is 22.8 Å². The Balaban J connectivity index is 1.44. The number of carbonyl (C=O) groups excluding carboxylic acids is 2. The smallest absolute Gasteiger partial charge is 0.243 e. The van der Waals surface area contributed by atoms with Gasteiger partial charge in [-0.05, 0) is 25.5 Å². The molecular formula is C23H22F3N5O2. The molecule has 0 aliphatic carbocycles. The number of nitrogens with one attached hydrogen (secondary N) is 2. The van der Waals surface area contributed by atoms with E-state index in [-0.39, 0.29) is 23.9 Å². The zero-order valence-corrected chi connectivity index (χ0v) is 17.8. The number of aliphatic imine (C=N–C) groups is 1. The summed E-state index contributed by atoms with van der Waals surface area (Å²) in [5.41, 5.74) is -0.727. The molecule has 0 aromatic heterocycles. The van der Waals surface area contributed by atoms with Crippen LogP contribution in [0.4, 0.5) is 13.2 Å². The number of Topliss-reactive ketones (excluding diaryl/α,β-unsaturated/α-hetero) is 1. The summed E-state index contributed by atoms with van der Waals surface area (Å²) in [5.74, 6) is -4.51. The Morgan fingerprint density at radius 2 is 2.03 bits per heavy atom. The van der Waals surface area contributed by atoms with Gasteiger partial charge in [0, 0.05) is 42.6 Å². The predicted octanol–water partition coefficient (Wildman–Crippen LogP) is 2.48. The Labute approximate surface area is 188 Å². The normalized spacial score (nSPS) is 23.8. The molecule has 0 saturated heterocycles. The summed E-state index contributed by atoms with van der Waals surface area (Å²) in [7, 11) is 0. The van der Waals surface area contributed by atoms with Gasteiger partial charge in [0.2, 0.25) is 5.91 Å². The molecule has 0 radical (unpaired) electrons. The Kier molecular flexibility index (Phi) is 6.43. The van der Waals surface area contributed by atoms with Crippen molar-refractivity contribution in [2.24, 2.45) is 16.0 Å². The van der Waals surface area contributed by atoms with Crippen molar-refractivity contribution in [1.29, 1.82) is 0 Å². The van der Waals surface area contributed by atoms with Gasteiger partial charge in [-0.3, -0.25) is 14.6 Å². The number of hydrogen-bond donors (Lipinski definition) is 2. The first-order valence-electron chi connectivity index (χ1n) is 10.5. The topological polar surface area (TPSA) is 86.2 Å². The number of carbonyl (C=O) groups is 2. The summed E-state index contributed by atoms with van der Waals surface area (Å²) >= 11 is 0. The fraction of sp³-hybridized carbons (Fsp3) is 0.304. The van der Waals surface area contributed by atoms with Gasteiger partial charge in [-0.1, -0.05) is 12.2 Å². The van der Waals surface area contributed by atoms with E-state index in [1.165, 1.54) is 6.20 Å². The minimum Gasteiger partial charge on any atom is -0.379 e. The SMILES string of the molecule is C/C=C\C1CC(C(=O)c2c(F)cc(F)cc2F)=CNC1C(=O)NCC1CN2N=CC=CC2=N1. The molecule has 1 amide bonds. The van der Waals surface area contributed by atoms with Gasteiger partial charge in [-0.15, -0.1) is 0 Å². The number of rotatable bonds is 6. The van der Waals surface area contributed by atoms with Crippen molar-refractivity contribution in [3.05, 3.63) is 71.2 Å². The maximum atomic E-state index is 14.1. The monoisotopic (exact) mass is 457 g/mol. The molecule has 0 spiro atoms. The summed E-state index contributed by atoms with van der Waals surface area (Å²) in [5, 5.41) is 11.7. The van der Waals surface area contributed by atoms with Crippen molar-refractivity contribution in [2.75, 3.05) is 13.1 Å². The fourth-order valence-electron chi connectivity index (χ4n) is 4.03. The highest BCUT2D eigenvalue weighted by Crippen LogP contribution is 2.27. The van der Waals surface area contributed by atoms with Crippen LogP contribution in [0.2, 0.25) is 0 Å². The van der Waals surface area contributed by atoms with Crippen molar-refractivity contribution in [3.8, 4) is 0 Å². The van der Waals surface area contributed by atoms with Crippen LogP contribution in [0.5, 0.6) is 0 Å². The maximum Gasteiger partial charge on any atom is 0.243 e. The molecule has 4 rings (SSSR count). The van der Waals surface area contributed by atoms with Crippen molar-refractivity contribution >= 4 is 23.7 Å². The standard InChI is InChI=1S/C23H22F3N5O2/c1-2-4-13-7-14(22(32)20-17(25)8-15(24)9-18(20)26)10-27-21(13)23(33)28-11-16-12-31-19(30-16)5-3-6-29-31/h2-6,8-10,13,16,21,27H,7,11-12H2,1H3,(H,28,33)/b4-2-. The van der Waals surface area contributed by atoms with Crippen LogP contribution in [-0.2, 0) is 4.79 Å². The number of amides is 1.